The molecule has 2 bridgehead atoms. The number of carbonyl (C=O) groups is 1. The number of hydrogen-bond donors (Lipinski definition) is 2. The van der Waals surface area contributed by atoms with Gasteiger partial charge in [0.25, 0.3) is 11.8 Å². The molecule has 2 saturated carbocycles. The summed E-state index contributed by atoms with van der Waals surface area (Å²) in [5, 5.41) is 13.7. The molecule has 3 heterocycles. The number of rotatable bonds is 3. The summed E-state index contributed by atoms with van der Waals surface area (Å²) in [5.41, 5.74) is 9.68. The lowest BCUT2D eigenvalue weighted by atomic mass is 9.63. The van der Waals surface area contributed by atoms with Crippen molar-refractivity contribution in [3.05, 3.63) is 51.5 Å². The van der Waals surface area contributed by atoms with E-state index in [1.54, 1.807) is 0 Å². The summed E-state index contributed by atoms with van der Waals surface area (Å²) < 4.78 is 35.4. The minimum absolute atomic E-state index is 0.0657. The Balaban J connectivity index is 1.21. The smallest absolute Gasteiger partial charge is 0.263 e. The number of nitrogen functional groups attached to an aromatic ring is 1. The van der Waals surface area contributed by atoms with Crippen molar-refractivity contribution in [2.75, 3.05) is 12.3 Å². The molecule has 3 aliphatic rings. The van der Waals surface area contributed by atoms with E-state index in [9.17, 15) is 18.8 Å². The number of amides is 1. The number of hydrogen-bond acceptors (Lipinski definition) is 6. The zero-order chi connectivity index (χ0) is 25.9. The predicted molar refractivity (Wildman–Crippen MR) is 138 cm³/mol. The van der Waals surface area contributed by atoms with Crippen molar-refractivity contribution in [1.29, 1.82) is 5.26 Å². The number of alkyl halides is 2. The molecule has 3 N–H and O–H groups in total. The molecule has 6 rings (SSSR count). The first-order chi connectivity index (χ1) is 17.7. The van der Waals surface area contributed by atoms with Gasteiger partial charge in [-0.25, -0.2) is 13.8 Å². The van der Waals surface area contributed by atoms with Crippen LogP contribution in [0.15, 0.2) is 24.3 Å². The molecular formula is C28H28F2N4O2S. The molecule has 3 aromatic rings. The number of thiophene rings is 1. The molecule has 1 aromatic carbocycles. The molecule has 1 aliphatic heterocycles. The summed E-state index contributed by atoms with van der Waals surface area (Å²) in [5.74, 6) is -3.51. The van der Waals surface area contributed by atoms with Gasteiger partial charge in [-0.2, -0.15) is 5.26 Å². The monoisotopic (exact) mass is 522 g/mol. The maximum atomic E-state index is 14.7. The molecule has 0 saturated heterocycles. The maximum Gasteiger partial charge on any atom is 0.263 e. The van der Waals surface area contributed by atoms with Gasteiger partial charge in [0.1, 0.15) is 22.1 Å². The Morgan fingerprint density at radius 1 is 1.27 bits per heavy atom. The Hall–Kier alpha value is -3.25. The average molecular weight is 523 g/mol. The van der Waals surface area contributed by atoms with Crippen LogP contribution >= 0.6 is 11.3 Å². The van der Waals surface area contributed by atoms with E-state index in [0.29, 0.717) is 54.0 Å². The number of nitrogens with two attached hydrogens (primary N) is 1. The number of halogens is 2. The first-order valence-electron chi connectivity index (χ1n) is 12.8. The fraction of sp³-hybridized carbons (Fsp3) is 0.464. The van der Waals surface area contributed by atoms with Crippen molar-refractivity contribution in [2.45, 2.75) is 63.3 Å². The largest absolute Gasteiger partial charge is 0.491 e. The number of aromatic nitrogens is 1. The van der Waals surface area contributed by atoms with Gasteiger partial charge in [0.2, 0.25) is 0 Å². The Labute approximate surface area is 217 Å². The fourth-order valence-corrected chi connectivity index (χ4v) is 7.44. The normalized spacial score (nSPS) is 26.1. The molecular weight excluding hydrogens is 494 g/mol. The van der Waals surface area contributed by atoms with E-state index in [0.717, 1.165) is 33.5 Å². The van der Waals surface area contributed by atoms with Crippen LogP contribution in [-0.2, 0) is 6.42 Å². The quantitative estimate of drug-likeness (QED) is 0.458. The second-order valence-electron chi connectivity index (χ2n) is 10.7. The van der Waals surface area contributed by atoms with E-state index >= 15 is 0 Å². The predicted octanol–water partition coefficient (Wildman–Crippen LogP) is 5.72. The number of ether oxygens (including phenoxy) is 1. The Kier molecular flexibility index (Phi) is 5.83. The highest BCUT2D eigenvalue weighted by molar-refractivity contribution is 7.21. The molecule has 6 nitrogen and oxygen atoms in total. The number of nitrogens with zero attached hydrogens (tertiary/aromatic N) is 2. The maximum absolute atomic E-state index is 14.7. The van der Waals surface area contributed by atoms with Gasteiger partial charge >= 0.3 is 0 Å². The molecule has 1 amide bonds. The Morgan fingerprint density at radius 2 is 2.03 bits per heavy atom. The Morgan fingerprint density at radius 3 is 2.76 bits per heavy atom. The van der Waals surface area contributed by atoms with Crippen LogP contribution in [0.1, 0.15) is 70.1 Å². The van der Waals surface area contributed by atoms with Crippen LogP contribution in [0.5, 0.6) is 5.75 Å². The highest BCUT2D eigenvalue weighted by Crippen LogP contribution is 2.55. The lowest BCUT2D eigenvalue weighted by molar-refractivity contribution is -0.157. The van der Waals surface area contributed by atoms with Gasteiger partial charge in [0.15, 0.2) is 0 Å². The van der Waals surface area contributed by atoms with E-state index in [4.69, 9.17) is 10.5 Å². The van der Waals surface area contributed by atoms with Crippen LogP contribution < -0.4 is 15.8 Å². The van der Waals surface area contributed by atoms with Gasteiger partial charge in [-0.05, 0) is 80.3 Å². The third-order valence-corrected chi connectivity index (χ3v) is 9.42. The van der Waals surface area contributed by atoms with Crippen molar-refractivity contribution < 1.29 is 18.3 Å². The summed E-state index contributed by atoms with van der Waals surface area (Å²) in [6.07, 6.45) is 3.26. The number of pyridine rings is 1. The van der Waals surface area contributed by atoms with E-state index in [1.165, 1.54) is 11.3 Å². The minimum Gasteiger partial charge on any atom is -0.491 e. The van der Waals surface area contributed by atoms with Gasteiger partial charge in [-0.1, -0.05) is 6.42 Å². The number of fused-ring (bicyclic) bond motifs is 4. The molecule has 2 aromatic heterocycles. The summed E-state index contributed by atoms with van der Waals surface area (Å²) >= 11 is 1.27. The van der Waals surface area contributed by atoms with Crippen molar-refractivity contribution in [1.82, 2.24) is 10.3 Å². The zero-order valence-electron chi connectivity index (χ0n) is 20.5. The van der Waals surface area contributed by atoms with E-state index in [-0.39, 0.29) is 24.5 Å². The van der Waals surface area contributed by atoms with Gasteiger partial charge in [-0.3, -0.25) is 4.79 Å². The highest BCUT2D eigenvalue weighted by atomic mass is 32.1. The SMILES string of the molecule is Cc1ccc2c(N)c(C(=O)N[C@H]3COc4cc(C5CC6CCCC(C5)C6(F)F)c(C#N)cc4C3)sc2n1. The highest BCUT2D eigenvalue weighted by Gasteiger charge is 2.53. The first kappa shape index (κ1) is 24.1. The van der Waals surface area contributed by atoms with Gasteiger partial charge in [0.05, 0.1) is 23.4 Å². The molecule has 0 spiro atoms. The number of nitrogens with one attached hydrogen (secondary N) is 1. The van der Waals surface area contributed by atoms with Crippen LogP contribution in [0.2, 0.25) is 0 Å². The molecule has 9 heteroatoms. The van der Waals surface area contributed by atoms with E-state index in [1.807, 2.05) is 31.2 Å². The average Bonchev–Trinajstić information content (AvgIpc) is 3.18. The van der Waals surface area contributed by atoms with Gasteiger partial charge in [-0.15, -0.1) is 11.3 Å². The molecule has 3 atom stereocenters. The number of nitriles is 1. The summed E-state index contributed by atoms with van der Waals surface area (Å²) in [7, 11) is 0. The minimum atomic E-state index is -2.61. The number of aryl methyl sites for hydroxylation is 1. The third-order valence-electron chi connectivity index (χ3n) is 8.31. The summed E-state index contributed by atoms with van der Waals surface area (Å²) in [4.78, 5) is 18.7. The van der Waals surface area contributed by atoms with Gasteiger partial charge < -0.3 is 15.8 Å². The second-order valence-corrected chi connectivity index (χ2v) is 11.7. The molecule has 0 radical (unpaired) electrons. The van der Waals surface area contributed by atoms with E-state index < -0.39 is 17.8 Å². The Bertz CT molecular complexity index is 1430. The van der Waals surface area contributed by atoms with Crippen LogP contribution in [0, 0.1) is 30.1 Å². The fourth-order valence-electron chi connectivity index (χ4n) is 6.40. The lowest BCUT2D eigenvalue weighted by Crippen LogP contribution is -2.45. The molecule has 37 heavy (non-hydrogen) atoms. The van der Waals surface area contributed by atoms with Crippen LogP contribution in [0.3, 0.4) is 0 Å². The molecule has 2 aliphatic carbocycles. The van der Waals surface area contributed by atoms with Crippen molar-refractivity contribution in [2.24, 2.45) is 11.8 Å². The van der Waals surface area contributed by atoms with Crippen molar-refractivity contribution >= 4 is 33.1 Å². The topological polar surface area (TPSA) is 101 Å². The lowest BCUT2D eigenvalue weighted by Gasteiger charge is -2.46. The standard InChI is InChI=1S/C28H28F2N4O2S/c1-14-5-6-21-24(32)25(37-27(21)33-14)26(35)34-20-10-16-7-17(12-31)22(11-23(16)36-13-20)15-8-18-3-2-4-19(9-15)28(18,29)30/h5-7,11,15,18-20H,2-4,8-10,13,32H2,1H3,(H,34,35)/t15?,18?,19?,20-/m1/s1. The van der Waals surface area contributed by atoms with Crippen LogP contribution in [-0.4, -0.2) is 29.5 Å². The number of anilines is 1. The molecule has 2 fully saturated rings. The summed E-state index contributed by atoms with van der Waals surface area (Å²) in [6.45, 7) is 2.17. The third kappa shape index (κ3) is 4.11. The van der Waals surface area contributed by atoms with Gasteiger partial charge in [0, 0.05) is 22.9 Å². The van der Waals surface area contributed by atoms with Crippen LogP contribution in [0.4, 0.5) is 14.5 Å². The number of carbonyl (C=O) groups excluding carboxylic acids is 1. The first-order valence-corrected chi connectivity index (χ1v) is 13.6. The summed E-state index contributed by atoms with van der Waals surface area (Å²) in [6, 6.07) is 9.44. The number of benzene rings is 1. The van der Waals surface area contributed by atoms with Crippen molar-refractivity contribution in [3.8, 4) is 11.8 Å². The van der Waals surface area contributed by atoms with Crippen LogP contribution in [0.25, 0.3) is 10.2 Å². The van der Waals surface area contributed by atoms with E-state index in [2.05, 4.69) is 16.4 Å². The second kappa shape index (κ2) is 8.95. The molecule has 192 valence electrons. The zero-order valence-corrected chi connectivity index (χ0v) is 21.3. The van der Waals surface area contributed by atoms with Crippen molar-refractivity contribution in [3.63, 3.8) is 0 Å². The molecule has 2 unspecified atom stereocenters.